The lowest BCUT2D eigenvalue weighted by Crippen LogP contribution is -1.89. The van der Waals surface area contributed by atoms with E-state index in [1.165, 1.54) is 54.6 Å². The van der Waals surface area contributed by atoms with Crippen molar-refractivity contribution in [1.29, 1.82) is 0 Å². The average molecular weight is 459 g/mol. The molecule has 6 aromatic carbocycles. The molecule has 0 bridgehead atoms. The van der Waals surface area contributed by atoms with E-state index in [0.29, 0.717) is 0 Å². The Kier molecular flexibility index (Phi) is 4.36. The molecule has 0 aliphatic rings. The fourth-order valence-electron chi connectivity index (χ4n) is 4.69. The highest BCUT2D eigenvalue weighted by molar-refractivity contribution is 9.10. The van der Waals surface area contributed by atoms with Crippen LogP contribution in [0, 0.1) is 0 Å². The van der Waals surface area contributed by atoms with Crippen LogP contribution in [0.4, 0.5) is 0 Å². The van der Waals surface area contributed by atoms with Gasteiger partial charge in [-0.05, 0) is 76.6 Å². The van der Waals surface area contributed by atoms with Gasteiger partial charge in [-0.2, -0.15) is 0 Å². The van der Waals surface area contributed by atoms with Crippen molar-refractivity contribution in [2.75, 3.05) is 0 Å². The molecule has 0 saturated heterocycles. The molecule has 0 fully saturated rings. The molecule has 6 aromatic rings. The van der Waals surface area contributed by atoms with Crippen LogP contribution in [0.5, 0.6) is 0 Å². The fraction of sp³-hybridized carbons (Fsp3) is 0. The third-order valence-electron chi connectivity index (χ3n) is 6.12. The predicted molar refractivity (Wildman–Crippen MR) is 138 cm³/mol. The van der Waals surface area contributed by atoms with Crippen molar-refractivity contribution >= 4 is 48.2 Å². The first-order chi connectivity index (χ1) is 15.3. The summed E-state index contributed by atoms with van der Waals surface area (Å²) in [5.41, 5.74) is 5.04. The number of hydrogen-bond acceptors (Lipinski definition) is 0. The number of fused-ring (bicyclic) bond motifs is 3. The van der Waals surface area contributed by atoms with Crippen LogP contribution >= 0.6 is 15.9 Å². The molecule has 0 heterocycles. The maximum Gasteiger partial charge on any atom is 0.0332 e. The van der Waals surface area contributed by atoms with E-state index in [-0.39, 0.29) is 0 Å². The maximum atomic E-state index is 3.95. The minimum atomic E-state index is 1.15. The Hall–Kier alpha value is -3.42. The van der Waals surface area contributed by atoms with Gasteiger partial charge in [0.15, 0.2) is 0 Å². The Morgan fingerprint density at radius 2 is 1.06 bits per heavy atom. The molecular formula is C30H19Br. The van der Waals surface area contributed by atoms with Crippen LogP contribution in [0.3, 0.4) is 0 Å². The quantitative estimate of drug-likeness (QED) is 0.226. The van der Waals surface area contributed by atoms with Gasteiger partial charge in [0.25, 0.3) is 0 Å². The van der Waals surface area contributed by atoms with Crippen LogP contribution < -0.4 is 0 Å². The van der Waals surface area contributed by atoms with Crippen LogP contribution in [0.2, 0.25) is 0 Å². The van der Waals surface area contributed by atoms with Gasteiger partial charge in [0.1, 0.15) is 0 Å². The van der Waals surface area contributed by atoms with E-state index in [1.54, 1.807) is 0 Å². The van der Waals surface area contributed by atoms with Gasteiger partial charge in [0, 0.05) is 4.47 Å². The van der Waals surface area contributed by atoms with E-state index in [9.17, 15) is 0 Å². The summed E-state index contributed by atoms with van der Waals surface area (Å²) < 4.78 is 1.15. The highest BCUT2D eigenvalue weighted by Crippen LogP contribution is 2.43. The van der Waals surface area contributed by atoms with Crippen molar-refractivity contribution in [3.63, 3.8) is 0 Å². The zero-order valence-corrected chi connectivity index (χ0v) is 18.4. The van der Waals surface area contributed by atoms with Gasteiger partial charge in [-0.3, -0.25) is 0 Å². The van der Waals surface area contributed by atoms with Gasteiger partial charge in [0.2, 0.25) is 0 Å². The summed E-state index contributed by atoms with van der Waals surface area (Å²) in [5.74, 6) is 0. The highest BCUT2D eigenvalue weighted by atomic mass is 79.9. The second kappa shape index (κ2) is 7.37. The lowest BCUT2D eigenvalue weighted by atomic mass is 9.90. The minimum Gasteiger partial charge on any atom is -0.0622 e. The van der Waals surface area contributed by atoms with E-state index in [0.717, 1.165) is 4.47 Å². The molecule has 0 unspecified atom stereocenters. The fourth-order valence-corrected chi connectivity index (χ4v) is 5.36. The van der Waals surface area contributed by atoms with Crippen LogP contribution in [-0.4, -0.2) is 0 Å². The summed E-state index contributed by atoms with van der Waals surface area (Å²) in [6, 6.07) is 41.4. The van der Waals surface area contributed by atoms with Gasteiger partial charge in [-0.15, -0.1) is 0 Å². The number of benzene rings is 6. The van der Waals surface area contributed by atoms with Gasteiger partial charge in [0.05, 0.1) is 0 Å². The smallest absolute Gasteiger partial charge is 0.0332 e. The summed E-state index contributed by atoms with van der Waals surface area (Å²) in [6.45, 7) is 0. The molecular weight excluding hydrogens is 440 g/mol. The summed E-state index contributed by atoms with van der Waals surface area (Å²) >= 11 is 3.95. The zero-order chi connectivity index (χ0) is 20.8. The van der Waals surface area contributed by atoms with Crippen molar-refractivity contribution in [3.05, 3.63) is 120 Å². The van der Waals surface area contributed by atoms with E-state index in [4.69, 9.17) is 0 Å². The largest absolute Gasteiger partial charge is 0.0622 e. The Morgan fingerprint density at radius 3 is 1.90 bits per heavy atom. The van der Waals surface area contributed by atoms with Crippen molar-refractivity contribution in [3.8, 4) is 22.3 Å². The van der Waals surface area contributed by atoms with Crippen molar-refractivity contribution in [2.24, 2.45) is 0 Å². The Morgan fingerprint density at radius 1 is 0.419 bits per heavy atom. The SMILES string of the molecule is Brc1c2ccccc2c(-c2ccccc2)c2ccc(-c3cccc4ccccc34)cc12. The molecule has 6 rings (SSSR count). The summed E-state index contributed by atoms with van der Waals surface area (Å²) in [4.78, 5) is 0. The second-order valence-corrected chi connectivity index (χ2v) is 8.68. The third-order valence-corrected chi connectivity index (χ3v) is 6.98. The van der Waals surface area contributed by atoms with Gasteiger partial charge < -0.3 is 0 Å². The highest BCUT2D eigenvalue weighted by Gasteiger charge is 2.15. The molecule has 31 heavy (non-hydrogen) atoms. The molecule has 0 N–H and O–H groups in total. The van der Waals surface area contributed by atoms with E-state index < -0.39 is 0 Å². The molecule has 0 spiro atoms. The molecule has 0 aliphatic carbocycles. The lowest BCUT2D eigenvalue weighted by Gasteiger charge is -2.16. The summed E-state index contributed by atoms with van der Waals surface area (Å²) in [7, 11) is 0. The molecule has 0 saturated carbocycles. The zero-order valence-electron chi connectivity index (χ0n) is 16.8. The van der Waals surface area contributed by atoms with Crippen LogP contribution in [-0.2, 0) is 0 Å². The molecule has 0 aliphatic heterocycles. The minimum absolute atomic E-state index is 1.15. The van der Waals surface area contributed by atoms with Crippen LogP contribution in [0.1, 0.15) is 0 Å². The summed E-state index contributed by atoms with van der Waals surface area (Å²) in [6.07, 6.45) is 0. The Bertz CT molecular complexity index is 1570. The molecule has 1 heteroatoms. The number of halogens is 1. The van der Waals surface area contributed by atoms with Gasteiger partial charge >= 0.3 is 0 Å². The lowest BCUT2D eigenvalue weighted by molar-refractivity contribution is 1.65. The van der Waals surface area contributed by atoms with E-state index in [1.807, 2.05) is 0 Å². The van der Waals surface area contributed by atoms with Crippen LogP contribution in [0.15, 0.2) is 120 Å². The molecule has 0 atom stereocenters. The van der Waals surface area contributed by atoms with Gasteiger partial charge in [-0.25, -0.2) is 0 Å². The normalized spacial score (nSPS) is 11.4. The molecule has 0 nitrogen and oxygen atoms in total. The van der Waals surface area contributed by atoms with Crippen molar-refractivity contribution < 1.29 is 0 Å². The van der Waals surface area contributed by atoms with E-state index >= 15 is 0 Å². The van der Waals surface area contributed by atoms with Crippen molar-refractivity contribution in [1.82, 2.24) is 0 Å². The average Bonchev–Trinajstić information content (AvgIpc) is 2.84. The Balaban J connectivity index is 1.71. The monoisotopic (exact) mass is 458 g/mol. The maximum absolute atomic E-state index is 3.95. The second-order valence-electron chi connectivity index (χ2n) is 7.89. The standard InChI is InChI=1S/C30H19Br/c31-30-27-15-7-6-14-25(27)29(21-10-2-1-3-11-21)26-18-17-22(19-28(26)30)24-16-8-12-20-9-4-5-13-23(20)24/h1-19H. The number of rotatable bonds is 2. The third kappa shape index (κ3) is 2.97. The summed E-state index contributed by atoms with van der Waals surface area (Å²) in [5, 5.41) is 7.56. The van der Waals surface area contributed by atoms with Crippen LogP contribution in [0.25, 0.3) is 54.6 Å². The Labute approximate surface area is 189 Å². The number of hydrogen-bond donors (Lipinski definition) is 0. The first-order valence-corrected chi connectivity index (χ1v) is 11.3. The van der Waals surface area contributed by atoms with Crippen molar-refractivity contribution in [2.45, 2.75) is 0 Å². The molecule has 146 valence electrons. The predicted octanol–water partition coefficient (Wildman–Crippen LogP) is 9.24. The first kappa shape index (κ1) is 18.4. The molecule has 0 aromatic heterocycles. The molecule has 0 amide bonds. The van der Waals surface area contributed by atoms with Gasteiger partial charge in [-0.1, -0.05) is 109 Å². The molecule has 0 radical (unpaired) electrons. The first-order valence-electron chi connectivity index (χ1n) is 10.5. The van der Waals surface area contributed by atoms with E-state index in [2.05, 4.69) is 131 Å². The topological polar surface area (TPSA) is 0 Å².